The largest absolute Gasteiger partial charge is 0.332 e. The molecular formula is C22H25FN4O. The van der Waals surface area contributed by atoms with Crippen LogP contribution in [0.25, 0.3) is 11.3 Å². The van der Waals surface area contributed by atoms with Crippen molar-refractivity contribution in [3.63, 3.8) is 0 Å². The molecule has 0 bridgehead atoms. The SMILES string of the molecule is C.NCCC(C(=O)N1Cc2[nH]nc(-c3ccc(F)cc3)c2C1)c1ccccc1. The van der Waals surface area contributed by atoms with Crippen LogP contribution in [0.5, 0.6) is 0 Å². The topological polar surface area (TPSA) is 75.0 Å². The Morgan fingerprint density at radius 2 is 1.86 bits per heavy atom. The van der Waals surface area contributed by atoms with Crippen LogP contribution in [0, 0.1) is 5.82 Å². The second-order valence-electron chi connectivity index (χ2n) is 6.77. The molecule has 1 aliphatic rings. The first-order valence-electron chi connectivity index (χ1n) is 9.03. The van der Waals surface area contributed by atoms with Crippen LogP contribution in [-0.4, -0.2) is 27.5 Å². The molecule has 1 atom stereocenters. The van der Waals surface area contributed by atoms with Crippen LogP contribution < -0.4 is 5.73 Å². The van der Waals surface area contributed by atoms with E-state index in [4.69, 9.17) is 5.73 Å². The van der Waals surface area contributed by atoms with Gasteiger partial charge in [0, 0.05) is 11.1 Å². The minimum Gasteiger partial charge on any atom is -0.332 e. The molecule has 5 nitrogen and oxygen atoms in total. The standard InChI is InChI=1S/C21H21FN4O.CH4/c22-16-8-6-15(7-9-16)20-18-12-26(13-19(18)24-25-20)21(27)17(10-11-23)14-4-2-1-3-5-14;/h1-9,17H,10-13,23H2,(H,24,25);1H4. The molecule has 0 aliphatic carbocycles. The second kappa shape index (κ2) is 8.35. The van der Waals surface area contributed by atoms with Crippen LogP contribution in [0.3, 0.4) is 0 Å². The Hall–Kier alpha value is -2.99. The Bertz CT molecular complexity index is 937. The lowest BCUT2D eigenvalue weighted by molar-refractivity contribution is -0.133. The lowest BCUT2D eigenvalue weighted by Gasteiger charge is -2.23. The molecule has 0 saturated heterocycles. The van der Waals surface area contributed by atoms with Crippen molar-refractivity contribution in [1.82, 2.24) is 15.1 Å². The number of fused-ring (bicyclic) bond motifs is 1. The number of nitrogens with two attached hydrogens (primary N) is 1. The first-order valence-corrected chi connectivity index (χ1v) is 9.03. The number of halogens is 1. The average molecular weight is 380 g/mol. The summed E-state index contributed by atoms with van der Waals surface area (Å²) in [7, 11) is 0. The molecule has 0 saturated carbocycles. The summed E-state index contributed by atoms with van der Waals surface area (Å²) in [5, 5.41) is 7.40. The van der Waals surface area contributed by atoms with Crippen molar-refractivity contribution < 1.29 is 9.18 Å². The van der Waals surface area contributed by atoms with Gasteiger partial charge in [-0.3, -0.25) is 9.89 Å². The predicted molar refractivity (Wildman–Crippen MR) is 108 cm³/mol. The molecule has 2 aromatic carbocycles. The van der Waals surface area contributed by atoms with E-state index in [0.717, 1.165) is 28.1 Å². The van der Waals surface area contributed by atoms with Gasteiger partial charge in [-0.1, -0.05) is 37.8 Å². The number of nitrogens with zero attached hydrogens (tertiary/aromatic N) is 2. The molecule has 1 aliphatic heterocycles. The number of benzene rings is 2. The number of rotatable bonds is 5. The summed E-state index contributed by atoms with van der Waals surface area (Å²) < 4.78 is 13.2. The molecule has 2 heterocycles. The van der Waals surface area contributed by atoms with Crippen molar-refractivity contribution in [3.05, 3.63) is 77.2 Å². The highest BCUT2D eigenvalue weighted by Crippen LogP contribution is 2.33. The first-order chi connectivity index (χ1) is 13.2. The minimum atomic E-state index is -0.282. The van der Waals surface area contributed by atoms with Gasteiger partial charge < -0.3 is 10.6 Å². The zero-order valence-corrected chi connectivity index (χ0v) is 14.9. The number of carbonyl (C=O) groups is 1. The van der Waals surface area contributed by atoms with E-state index in [1.165, 1.54) is 12.1 Å². The lowest BCUT2D eigenvalue weighted by atomic mass is 9.94. The maximum atomic E-state index is 13.2. The summed E-state index contributed by atoms with van der Waals surface area (Å²) in [6.07, 6.45) is 0.607. The number of H-pyrrole nitrogens is 1. The smallest absolute Gasteiger partial charge is 0.230 e. The molecule has 1 unspecified atom stereocenters. The number of amides is 1. The normalized spacial score (nSPS) is 13.7. The van der Waals surface area contributed by atoms with Gasteiger partial charge in [0.1, 0.15) is 5.82 Å². The zero-order valence-electron chi connectivity index (χ0n) is 14.9. The molecule has 0 radical (unpaired) electrons. The van der Waals surface area contributed by atoms with Gasteiger partial charge in [-0.2, -0.15) is 5.10 Å². The third-order valence-electron chi connectivity index (χ3n) is 5.04. The van der Waals surface area contributed by atoms with Crippen molar-refractivity contribution in [1.29, 1.82) is 0 Å². The van der Waals surface area contributed by atoms with Gasteiger partial charge in [-0.15, -0.1) is 0 Å². The lowest BCUT2D eigenvalue weighted by Crippen LogP contribution is -2.32. The molecule has 28 heavy (non-hydrogen) atoms. The van der Waals surface area contributed by atoms with E-state index in [2.05, 4.69) is 10.2 Å². The highest BCUT2D eigenvalue weighted by molar-refractivity contribution is 5.84. The van der Waals surface area contributed by atoms with E-state index < -0.39 is 0 Å². The molecule has 3 aromatic rings. The van der Waals surface area contributed by atoms with E-state index in [-0.39, 0.29) is 25.1 Å². The average Bonchev–Trinajstić information content (AvgIpc) is 3.28. The maximum Gasteiger partial charge on any atom is 0.230 e. The zero-order chi connectivity index (χ0) is 18.8. The van der Waals surface area contributed by atoms with Crippen LogP contribution >= 0.6 is 0 Å². The van der Waals surface area contributed by atoms with Gasteiger partial charge in [0.05, 0.1) is 30.4 Å². The van der Waals surface area contributed by atoms with E-state index >= 15 is 0 Å². The minimum absolute atomic E-state index is 0. The van der Waals surface area contributed by atoms with Crippen molar-refractivity contribution in [3.8, 4) is 11.3 Å². The van der Waals surface area contributed by atoms with Crippen LogP contribution in [0.2, 0.25) is 0 Å². The number of aromatic nitrogens is 2. The fraction of sp³-hybridized carbons (Fsp3) is 0.273. The van der Waals surface area contributed by atoms with E-state index in [1.54, 1.807) is 12.1 Å². The van der Waals surface area contributed by atoms with Gasteiger partial charge in [0.25, 0.3) is 0 Å². The molecule has 6 heteroatoms. The number of hydrogen-bond acceptors (Lipinski definition) is 3. The number of nitrogens with one attached hydrogen (secondary N) is 1. The molecule has 0 fully saturated rings. The van der Waals surface area contributed by atoms with Gasteiger partial charge in [-0.05, 0) is 42.8 Å². The molecule has 146 valence electrons. The van der Waals surface area contributed by atoms with Crippen LogP contribution in [0.4, 0.5) is 4.39 Å². The van der Waals surface area contributed by atoms with Gasteiger partial charge in [-0.25, -0.2) is 4.39 Å². The molecule has 0 spiro atoms. The van der Waals surface area contributed by atoms with Crippen LogP contribution in [0.15, 0.2) is 54.6 Å². The van der Waals surface area contributed by atoms with Crippen LogP contribution in [0.1, 0.15) is 36.6 Å². The van der Waals surface area contributed by atoms with Crippen molar-refractivity contribution >= 4 is 5.91 Å². The fourth-order valence-corrected chi connectivity index (χ4v) is 3.65. The van der Waals surface area contributed by atoms with Gasteiger partial charge in [0.2, 0.25) is 5.91 Å². The monoisotopic (exact) mass is 380 g/mol. The van der Waals surface area contributed by atoms with E-state index in [0.29, 0.717) is 26.1 Å². The Labute approximate surface area is 164 Å². The summed E-state index contributed by atoms with van der Waals surface area (Å²) in [6, 6.07) is 16.0. The summed E-state index contributed by atoms with van der Waals surface area (Å²) >= 11 is 0. The molecule has 1 amide bonds. The summed E-state index contributed by atoms with van der Waals surface area (Å²) in [5.74, 6) is -0.459. The van der Waals surface area contributed by atoms with Gasteiger partial charge in [0.15, 0.2) is 0 Å². The quantitative estimate of drug-likeness (QED) is 0.706. The summed E-state index contributed by atoms with van der Waals surface area (Å²) in [4.78, 5) is 15.0. The van der Waals surface area contributed by atoms with Crippen molar-refractivity contribution in [2.45, 2.75) is 32.9 Å². The first kappa shape index (κ1) is 19.8. The summed E-state index contributed by atoms with van der Waals surface area (Å²) in [5.41, 5.74) is 10.3. The third-order valence-corrected chi connectivity index (χ3v) is 5.04. The third kappa shape index (κ3) is 3.68. The second-order valence-corrected chi connectivity index (χ2v) is 6.77. The number of hydrogen-bond donors (Lipinski definition) is 2. The van der Waals surface area contributed by atoms with Crippen molar-refractivity contribution in [2.75, 3.05) is 6.54 Å². The molecule has 4 rings (SSSR count). The van der Waals surface area contributed by atoms with Crippen molar-refractivity contribution in [2.24, 2.45) is 5.73 Å². The number of carbonyl (C=O) groups excluding carboxylic acids is 1. The highest BCUT2D eigenvalue weighted by Gasteiger charge is 2.32. The summed E-state index contributed by atoms with van der Waals surface area (Å²) in [6.45, 7) is 1.44. The molecule has 3 N–H and O–H groups in total. The Balaban J connectivity index is 0.00000225. The molecular weight excluding hydrogens is 355 g/mol. The number of aromatic amines is 1. The Morgan fingerprint density at radius 3 is 2.54 bits per heavy atom. The van der Waals surface area contributed by atoms with E-state index in [9.17, 15) is 9.18 Å². The highest BCUT2D eigenvalue weighted by atomic mass is 19.1. The van der Waals surface area contributed by atoms with Gasteiger partial charge >= 0.3 is 0 Å². The fourth-order valence-electron chi connectivity index (χ4n) is 3.65. The maximum absolute atomic E-state index is 13.2. The Morgan fingerprint density at radius 1 is 1.14 bits per heavy atom. The Kier molecular flexibility index (Phi) is 5.90. The predicted octanol–water partition coefficient (Wildman–Crippen LogP) is 3.83. The van der Waals surface area contributed by atoms with Crippen LogP contribution in [-0.2, 0) is 17.9 Å². The molecule has 1 aromatic heterocycles. The van der Waals surface area contributed by atoms with E-state index in [1.807, 2.05) is 35.2 Å².